The van der Waals surface area contributed by atoms with Gasteiger partial charge in [-0.3, -0.25) is 4.90 Å². The van der Waals surface area contributed by atoms with Crippen LogP contribution in [-0.2, 0) is 4.74 Å². The number of ether oxygens (including phenoxy) is 1. The van der Waals surface area contributed by atoms with E-state index in [1.54, 1.807) is 7.11 Å². The van der Waals surface area contributed by atoms with Crippen molar-refractivity contribution in [1.82, 2.24) is 4.90 Å². The molecular weight excluding hydrogens is 190 g/mol. The van der Waals surface area contributed by atoms with Crippen LogP contribution < -0.4 is 5.73 Å². The van der Waals surface area contributed by atoms with Crippen LogP contribution in [0.15, 0.2) is 0 Å². The molecule has 0 aromatic heterocycles. The third kappa shape index (κ3) is 4.17. The molecule has 1 rings (SSSR count). The first-order valence-electron chi connectivity index (χ1n) is 5.57. The van der Waals surface area contributed by atoms with Gasteiger partial charge in [0.25, 0.3) is 0 Å². The van der Waals surface area contributed by atoms with Crippen molar-refractivity contribution < 1.29 is 4.74 Å². The number of nitrogens with zero attached hydrogens (tertiary/aromatic N) is 2. The summed E-state index contributed by atoms with van der Waals surface area (Å²) in [5.74, 6) is 0.799. The molecule has 0 radical (unpaired) electrons. The van der Waals surface area contributed by atoms with Crippen LogP contribution in [0.4, 0.5) is 0 Å². The topological polar surface area (TPSA) is 62.3 Å². The van der Waals surface area contributed by atoms with Gasteiger partial charge >= 0.3 is 0 Å². The van der Waals surface area contributed by atoms with Crippen LogP contribution in [0.3, 0.4) is 0 Å². The molecule has 0 amide bonds. The smallest absolute Gasteiger partial charge is 0.106 e. The predicted octanol–water partition coefficient (Wildman–Crippen LogP) is 0.584. The highest BCUT2D eigenvalue weighted by Gasteiger charge is 2.32. The van der Waals surface area contributed by atoms with Crippen molar-refractivity contribution in [2.75, 3.05) is 26.8 Å². The molecule has 0 saturated heterocycles. The Bertz CT molecular complexity index is 222. The molecule has 1 aliphatic rings. The number of nitrogens with two attached hydrogens (primary N) is 1. The van der Waals surface area contributed by atoms with Crippen LogP contribution in [0.25, 0.3) is 0 Å². The largest absolute Gasteiger partial charge is 0.383 e. The quantitative estimate of drug-likeness (QED) is 0.669. The summed E-state index contributed by atoms with van der Waals surface area (Å²) < 4.78 is 5.07. The number of hydrogen-bond acceptors (Lipinski definition) is 4. The Morgan fingerprint density at radius 3 is 2.73 bits per heavy atom. The molecular formula is C11H21N3O. The lowest BCUT2D eigenvalue weighted by Gasteiger charge is -2.29. The lowest BCUT2D eigenvalue weighted by molar-refractivity contribution is 0.115. The van der Waals surface area contributed by atoms with E-state index >= 15 is 0 Å². The number of methoxy groups -OCH3 is 1. The normalized spacial score (nSPS) is 19.9. The van der Waals surface area contributed by atoms with Gasteiger partial charge in [-0.2, -0.15) is 5.26 Å². The van der Waals surface area contributed by atoms with Gasteiger partial charge in [0.15, 0.2) is 0 Å². The molecule has 2 atom stereocenters. The molecule has 86 valence electrons. The van der Waals surface area contributed by atoms with Crippen LogP contribution in [0, 0.1) is 17.2 Å². The molecule has 15 heavy (non-hydrogen) atoms. The second-order valence-corrected chi connectivity index (χ2v) is 4.30. The fourth-order valence-corrected chi connectivity index (χ4v) is 1.84. The fraction of sp³-hybridized carbons (Fsp3) is 0.909. The van der Waals surface area contributed by atoms with Gasteiger partial charge in [-0.1, -0.05) is 0 Å². The third-order valence-corrected chi connectivity index (χ3v) is 3.06. The molecule has 4 heteroatoms. The maximum Gasteiger partial charge on any atom is 0.106 e. The molecule has 4 nitrogen and oxygen atoms in total. The van der Waals surface area contributed by atoms with E-state index in [1.807, 2.05) is 0 Å². The summed E-state index contributed by atoms with van der Waals surface area (Å²) in [6.07, 6.45) is 2.62. The first kappa shape index (κ1) is 12.4. The summed E-state index contributed by atoms with van der Waals surface area (Å²) in [7, 11) is 1.70. The van der Waals surface area contributed by atoms with Gasteiger partial charge in [0.05, 0.1) is 12.7 Å². The summed E-state index contributed by atoms with van der Waals surface area (Å²) in [5, 5.41) is 8.71. The standard InChI is InChI=1S/C11H21N3O/c1-9(10-3-4-10)14(5-6-15-2)8-11(13)7-12/h9-11H,3-6,8,13H2,1-2H3. The van der Waals surface area contributed by atoms with Crippen LogP contribution in [0.2, 0.25) is 0 Å². The van der Waals surface area contributed by atoms with Gasteiger partial charge in [-0.15, -0.1) is 0 Å². The average Bonchev–Trinajstić information content (AvgIpc) is 3.06. The van der Waals surface area contributed by atoms with E-state index in [0.717, 1.165) is 12.5 Å². The van der Waals surface area contributed by atoms with Crippen molar-refractivity contribution in [3.63, 3.8) is 0 Å². The maximum absolute atomic E-state index is 8.71. The summed E-state index contributed by atoms with van der Waals surface area (Å²) in [4.78, 5) is 2.27. The van der Waals surface area contributed by atoms with Gasteiger partial charge in [0.2, 0.25) is 0 Å². The minimum atomic E-state index is -0.386. The highest BCUT2D eigenvalue weighted by molar-refractivity contribution is 4.92. The van der Waals surface area contributed by atoms with Crippen molar-refractivity contribution in [2.24, 2.45) is 11.7 Å². The molecule has 2 unspecified atom stereocenters. The van der Waals surface area contributed by atoms with Gasteiger partial charge < -0.3 is 10.5 Å². The van der Waals surface area contributed by atoms with Gasteiger partial charge in [-0.05, 0) is 25.7 Å². The highest BCUT2D eigenvalue weighted by atomic mass is 16.5. The highest BCUT2D eigenvalue weighted by Crippen LogP contribution is 2.35. The van der Waals surface area contributed by atoms with E-state index in [4.69, 9.17) is 15.7 Å². The third-order valence-electron chi connectivity index (χ3n) is 3.06. The second kappa shape index (κ2) is 6.06. The summed E-state index contributed by atoms with van der Waals surface area (Å²) in [6, 6.07) is 2.22. The molecule has 2 N–H and O–H groups in total. The Morgan fingerprint density at radius 1 is 1.60 bits per heavy atom. The Morgan fingerprint density at radius 2 is 2.27 bits per heavy atom. The Balaban J connectivity index is 2.40. The van der Waals surface area contributed by atoms with E-state index in [-0.39, 0.29) is 6.04 Å². The van der Waals surface area contributed by atoms with Crippen molar-refractivity contribution in [1.29, 1.82) is 5.26 Å². The molecule has 1 aliphatic carbocycles. The summed E-state index contributed by atoms with van der Waals surface area (Å²) in [5.41, 5.74) is 5.66. The lowest BCUT2D eigenvalue weighted by atomic mass is 10.1. The van der Waals surface area contributed by atoms with Crippen molar-refractivity contribution in [3.8, 4) is 6.07 Å². The molecule has 0 aromatic carbocycles. The second-order valence-electron chi connectivity index (χ2n) is 4.30. The van der Waals surface area contributed by atoms with E-state index in [2.05, 4.69) is 17.9 Å². The van der Waals surface area contributed by atoms with Crippen LogP contribution in [0.1, 0.15) is 19.8 Å². The zero-order valence-electron chi connectivity index (χ0n) is 9.65. The zero-order valence-corrected chi connectivity index (χ0v) is 9.65. The first-order valence-corrected chi connectivity index (χ1v) is 5.57. The fourth-order valence-electron chi connectivity index (χ4n) is 1.84. The number of nitriles is 1. The van der Waals surface area contributed by atoms with Crippen LogP contribution >= 0.6 is 0 Å². The zero-order chi connectivity index (χ0) is 11.3. The average molecular weight is 211 g/mol. The molecule has 0 spiro atoms. The molecule has 1 saturated carbocycles. The van der Waals surface area contributed by atoms with E-state index in [9.17, 15) is 0 Å². The van der Waals surface area contributed by atoms with E-state index in [0.29, 0.717) is 19.2 Å². The molecule has 0 bridgehead atoms. The number of rotatable bonds is 7. The molecule has 1 fully saturated rings. The minimum Gasteiger partial charge on any atom is -0.383 e. The van der Waals surface area contributed by atoms with E-state index in [1.165, 1.54) is 12.8 Å². The predicted molar refractivity (Wildman–Crippen MR) is 59.2 cm³/mol. The number of hydrogen-bond donors (Lipinski definition) is 1. The monoisotopic (exact) mass is 211 g/mol. The Hall–Kier alpha value is -0.630. The minimum absolute atomic E-state index is 0.386. The van der Waals surface area contributed by atoms with Crippen molar-refractivity contribution in [2.45, 2.75) is 31.8 Å². The van der Waals surface area contributed by atoms with E-state index < -0.39 is 0 Å². The van der Waals surface area contributed by atoms with Crippen molar-refractivity contribution >= 4 is 0 Å². The lowest BCUT2D eigenvalue weighted by Crippen LogP contribution is -2.44. The molecule has 0 heterocycles. The first-order chi connectivity index (χ1) is 7.19. The maximum atomic E-state index is 8.71. The molecule has 0 aliphatic heterocycles. The van der Waals surface area contributed by atoms with Crippen molar-refractivity contribution in [3.05, 3.63) is 0 Å². The van der Waals surface area contributed by atoms with Crippen LogP contribution in [-0.4, -0.2) is 43.8 Å². The Labute approximate surface area is 92.0 Å². The van der Waals surface area contributed by atoms with Gasteiger partial charge in [-0.25, -0.2) is 0 Å². The summed E-state index contributed by atoms with van der Waals surface area (Å²) >= 11 is 0. The molecule has 0 aromatic rings. The van der Waals surface area contributed by atoms with Gasteiger partial charge in [0, 0.05) is 26.2 Å². The van der Waals surface area contributed by atoms with Gasteiger partial charge in [0.1, 0.15) is 6.04 Å². The summed E-state index contributed by atoms with van der Waals surface area (Å²) in [6.45, 7) is 4.44. The van der Waals surface area contributed by atoms with Crippen LogP contribution in [0.5, 0.6) is 0 Å². The Kier molecular flexibility index (Phi) is 5.03. The SMILES string of the molecule is COCCN(CC(N)C#N)C(C)C1CC1.